The molecule has 6 heteroatoms. The maximum absolute atomic E-state index is 12.7. The summed E-state index contributed by atoms with van der Waals surface area (Å²) >= 11 is 0. The van der Waals surface area contributed by atoms with Gasteiger partial charge in [0.05, 0.1) is 22.7 Å². The van der Waals surface area contributed by atoms with Crippen molar-refractivity contribution >= 4 is 17.0 Å². The van der Waals surface area contributed by atoms with Crippen LogP contribution in [0.15, 0.2) is 40.9 Å². The standard InChI is InChI=1S/C19H19N3O3/c1-11-17-14(9-15(12-7-8-12)21-19(17)25-22-11)18(24)20-10-16(23)13-5-3-2-4-6-13/h2-6,9,12,16,23H,7-8,10H2,1H3,(H,20,24). The van der Waals surface area contributed by atoms with Crippen LogP contribution in [0.25, 0.3) is 11.1 Å². The van der Waals surface area contributed by atoms with Gasteiger partial charge in [-0.15, -0.1) is 0 Å². The van der Waals surface area contributed by atoms with Gasteiger partial charge in [-0.1, -0.05) is 35.5 Å². The van der Waals surface area contributed by atoms with E-state index in [0.29, 0.717) is 28.3 Å². The van der Waals surface area contributed by atoms with Gasteiger partial charge in [-0.2, -0.15) is 0 Å². The van der Waals surface area contributed by atoms with Crippen molar-refractivity contribution in [2.24, 2.45) is 0 Å². The molecule has 2 aromatic heterocycles. The molecule has 6 nitrogen and oxygen atoms in total. The van der Waals surface area contributed by atoms with Gasteiger partial charge in [0.15, 0.2) is 0 Å². The smallest absolute Gasteiger partial charge is 0.259 e. The Kier molecular flexibility index (Phi) is 3.97. The lowest BCUT2D eigenvalue weighted by molar-refractivity contribution is 0.0917. The van der Waals surface area contributed by atoms with Gasteiger partial charge in [0.25, 0.3) is 11.6 Å². The zero-order valence-electron chi connectivity index (χ0n) is 13.9. The third-order valence-corrected chi connectivity index (χ3v) is 4.52. The minimum atomic E-state index is -0.756. The van der Waals surface area contributed by atoms with Crippen LogP contribution >= 0.6 is 0 Å². The average Bonchev–Trinajstić information content (AvgIpc) is 3.43. The van der Waals surface area contributed by atoms with Crippen molar-refractivity contribution in [3.05, 3.63) is 58.9 Å². The first kappa shape index (κ1) is 15.8. The quantitative estimate of drug-likeness (QED) is 0.747. The van der Waals surface area contributed by atoms with E-state index in [4.69, 9.17) is 4.52 Å². The van der Waals surface area contributed by atoms with Gasteiger partial charge in [-0.3, -0.25) is 4.79 Å². The topological polar surface area (TPSA) is 88.2 Å². The number of carbonyl (C=O) groups is 1. The molecule has 2 N–H and O–H groups in total. The highest BCUT2D eigenvalue weighted by atomic mass is 16.5. The molecule has 1 fully saturated rings. The number of aromatic nitrogens is 2. The number of carbonyl (C=O) groups excluding carboxylic acids is 1. The van der Waals surface area contributed by atoms with Crippen LogP contribution in [-0.4, -0.2) is 27.7 Å². The fourth-order valence-corrected chi connectivity index (χ4v) is 2.96. The number of hydrogen-bond acceptors (Lipinski definition) is 5. The van der Waals surface area contributed by atoms with Crippen LogP contribution in [-0.2, 0) is 0 Å². The lowest BCUT2D eigenvalue weighted by Crippen LogP contribution is -2.28. The Labute approximate surface area is 144 Å². The van der Waals surface area contributed by atoms with E-state index in [1.807, 2.05) is 36.4 Å². The summed E-state index contributed by atoms with van der Waals surface area (Å²) in [7, 11) is 0. The molecule has 2 heterocycles. The summed E-state index contributed by atoms with van der Waals surface area (Å²) < 4.78 is 5.26. The number of aryl methyl sites for hydroxylation is 1. The second-order valence-corrected chi connectivity index (χ2v) is 6.45. The summed E-state index contributed by atoms with van der Waals surface area (Å²) in [6.45, 7) is 1.93. The average molecular weight is 337 g/mol. The third-order valence-electron chi connectivity index (χ3n) is 4.52. The molecule has 3 aromatic rings. The Bertz CT molecular complexity index is 916. The summed E-state index contributed by atoms with van der Waals surface area (Å²) in [5.74, 6) is 0.145. The van der Waals surface area contributed by atoms with Crippen LogP contribution in [0.1, 0.15) is 52.2 Å². The molecule has 1 amide bonds. The minimum absolute atomic E-state index is 0.135. The van der Waals surface area contributed by atoms with Crippen LogP contribution in [0, 0.1) is 6.92 Å². The lowest BCUT2D eigenvalue weighted by atomic mass is 10.1. The second kappa shape index (κ2) is 6.29. The maximum atomic E-state index is 12.7. The van der Waals surface area contributed by atoms with Crippen LogP contribution in [0.3, 0.4) is 0 Å². The lowest BCUT2D eigenvalue weighted by Gasteiger charge is -2.13. The predicted octanol–water partition coefficient (Wildman–Crippen LogP) is 2.87. The number of aliphatic hydroxyl groups is 1. The number of pyridine rings is 1. The van der Waals surface area contributed by atoms with Crippen LogP contribution in [0.2, 0.25) is 0 Å². The van der Waals surface area contributed by atoms with Crippen molar-refractivity contribution in [1.82, 2.24) is 15.5 Å². The molecule has 0 saturated heterocycles. The summed E-state index contributed by atoms with van der Waals surface area (Å²) in [5, 5.41) is 17.6. The zero-order chi connectivity index (χ0) is 17.4. The summed E-state index contributed by atoms with van der Waals surface area (Å²) in [6.07, 6.45) is 1.41. The largest absolute Gasteiger partial charge is 0.387 e. The van der Waals surface area contributed by atoms with Crippen LogP contribution in [0.4, 0.5) is 0 Å². The summed E-state index contributed by atoms with van der Waals surface area (Å²) in [4.78, 5) is 17.2. The van der Waals surface area contributed by atoms with E-state index < -0.39 is 6.10 Å². The minimum Gasteiger partial charge on any atom is -0.387 e. The molecule has 0 spiro atoms. The van der Waals surface area contributed by atoms with Crippen LogP contribution < -0.4 is 5.32 Å². The first-order valence-electron chi connectivity index (χ1n) is 8.41. The molecule has 1 saturated carbocycles. The van der Waals surface area contributed by atoms with Crippen molar-refractivity contribution in [2.45, 2.75) is 31.8 Å². The van der Waals surface area contributed by atoms with E-state index in [2.05, 4.69) is 15.5 Å². The number of amides is 1. The van der Waals surface area contributed by atoms with E-state index in [0.717, 1.165) is 24.1 Å². The van der Waals surface area contributed by atoms with E-state index in [9.17, 15) is 9.90 Å². The van der Waals surface area contributed by atoms with Gasteiger partial charge < -0.3 is 14.9 Å². The number of fused-ring (bicyclic) bond motifs is 1. The number of nitrogens with zero attached hydrogens (tertiary/aromatic N) is 2. The molecule has 1 unspecified atom stereocenters. The van der Waals surface area contributed by atoms with Gasteiger partial charge >= 0.3 is 0 Å². The Morgan fingerprint density at radius 1 is 1.36 bits per heavy atom. The molecule has 1 aliphatic carbocycles. The van der Waals surface area contributed by atoms with Crippen molar-refractivity contribution in [3.63, 3.8) is 0 Å². The van der Waals surface area contributed by atoms with Crippen molar-refractivity contribution < 1.29 is 14.4 Å². The normalized spacial score (nSPS) is 15.3. The second-order valence-electron chi connectivity index (χ2n) is 6.45. The van der Waals surface area contributed by atoms with Gasteiger partial charge in [0, 0.05) is 18.2 Å². The molecule has 1 atom stereocenters. The van der Waals surface area contributed by atoms with Crippen molar-refractivity contribution in [1.29, 1.82) is 0 Å². The molecule has 0 aliphatic heterocycles. The highest BCUT2D eigenvalue weighted by Gasteiger charge is 2.28. The summed E-state index contributed by atoms with van der Waals surface area (Å²) in [6, 6.07) is 11.1. The number of aliphatic hydroxyl groups excluding tert-OH is 1. The molecule has 4 rings (SSSR count). The number of hydrogen-bond donors (Lipinski definition) is 2. The number of rotatable bonds is 5. The van der Waals surface area contributed by atoms with Gasteiger partial charge in [0.1, 0.15) is 0 Å². The zero-order valence-corrected chi connectivity index (χ0v) is 13.9. The first-order chi connectivity index (χ1) is 12.1. The Hall–Kier alpha value is -2.73. The number of nitrogens with one attached hydrogen (secondary N) is 1. The Morgan fingerprint density at radius 3 is 2.84 bits per heavy atom. The molecular formula is C19H19N3O3. The first-order valence-corrected chi connectivity index (χ1v) is 8.41. The van der Waals surface area contributed by atoms with E-state index in [1.54, 1.807) is 6.92 Å². The Morgan fingerprint density at radius 2 is 2.12 bits per heavy atom. The predicted molar refractivity (Wildman–Crippen MR) is 92.3 cm³/mol. The SMILES string of the molecule is Cc1noc2nc(C3CC3)cc(C(=O)NCC(O)c3ccccc3)c12. The fourth-order valence-electron chi connectivity index (χ4n) is 2.96. The van der Waals surface area contributed by atoms with E-state index in [1.165, 1.54) is 0 Å². The molecule has 1 aliphatic rings. The molecule has 1 aromatic carbocycles. The van der Waals surface area contributed by atoms with E-state index in [-0.39, 0.29) is 12.5 Å². The van der Waals surface area contributed by atoms with Crippen molar-refractivity contribution in [3.8, 4) is 0 Å². The highest BCUT2D eigenvalue weighted by molar-refractivity contribution is 6.06. The fraction of sp³-hybridized carbons (Fsp3) is 0.316. The van der Waals surface area contributed by atoms with E-state index >= 15 is 0 Å². The molecule has 0 radical (unpaired) electrons. The van der Waals surface area contributed by atoms with Crippen molar-refractivity contribution in [2.75, 3.05) is 6.54 Å². The number of benzene rings is 1. The van der Waals surface area contributed by atoms with Crippen LogP contribution in [0.5, 0.6) is 0 Å². The third kappa shape index (κ3) is 3.13. The monoisotopic (exact) mass is 337 g/mol. The molecule has 25 heavy (non-hydrogen) atoms. The molecule has 128 valence electrons. The molecule has 0 bridgehead atoms. The maximum Gasteiger partial charge on any atom is 0.259 e. The summed E-state index contributed by atoms with van der Waals surface area (Å²) in [5.41, 5.74) is 3.18. The molecular weight excluding hydrogens is 318 g/mol. The van der Waals surface area contributed by atoms with Gasteiger partial charge in [-0.25, -0.2) is 4.98 Å². The van der Waals surface area contributed by atoms with Gasteiger partial charge in [-0.05, 0) is 31.4 Å². The van der Waals surface area contributed by atoms with Gasteiger partial charge in [0.2, 0.25) is 0 Å². The highest BCUT2D eigenvalue weighted by Crippen LogP contribution is 2.40. The Balaban J connectivity index is 1.58.